The van der Waals surface area contributed by atoms with E-state index in [0.29, 0.717) is 22.6 Å². The number of ether oxygens (including phenoxy) is 2. The number of hydrogen-bond acceptors (Lipinski definition) is 3. The summed E-state index contributed by atoms with van der Waals surface area (Å²) in [5.74, 6) is 1.21. The highest BCUT2D eigenvalue weighted by Crippen LogP contribution is 2.32. The summed E-state index contributed by atoms with van der Waals surface area (Å²) in [6, 6.07) is 17.0. The SMILES string of the molecule is COc1ccc2ccc(OC)c(C(=O)c3ccc(CBr)cc3)c2c1. The molecular formula is C20H17BrO3. The first kappa shape index (κ1) is 16.5. The summed E-state index contributed by atoms with van der Waals surface area (Å²) >= 11 is 3.42. The van der Waals surface area contributed by atoms with Crippen LogP contribution in [0, 0.1) is 0 Å². The van der Waals surface area contributed by atoms with E-state index in [4.69, 9.17) is 9.47 Å². The van der Waals surface area contributed by atoms with Crippen LogP contribution < -0.4 is 9.47 Å². The van der Waals surface area contributed by atoms with Gasteiger partial charge in [0.05, 0.1) is 19.8 Å². The molecule has 4 heteroatoms. The van der Waals surface area contributed by atoms with E-state index < -0.39 is 0 Å². The lowest BCUT2D eigenvalue weighted by atomic mass is 9.95. The molecule has 0 aromatic heterocycles. The topological polar surface area (TPSA) is 35.5 Å². The molecule has 24 heavy (non-hydrogen) atoms. The number of alkyl halides is 1. The molecule has 0 aliphatic carbocycles. The number of halogens is 1. The monoisotopic (exact) mass is 384 g/mol. The second-order valence-electron chi connectivity index (χ2n) is 5.39. The molecule has 122 valence electrons. The largest absolute Gasteiger partial charge is 0.497 e. The quantitative estimate of drug-likeness (QED) is 0.459. The summed E-state index contributed by atoms with van der Waals surface area (Å²) in [7, 11) is 3.19. The zero-order valence-corrected chi connectivity index (χ0v) is 15.1. The van der Waals surface area contributed by atoms with Crippen molar-refractivity contribution in [2.45, 2.75) is 5.33 Å². The number of carbonyl (C=O) groups excluding carboxylic acids is 1. The first-order valence-corrected chi connectivity index (χ1v) is 8.64. The average molecular weight is 385 g/mol. The molecule has 0 radical (unpaired) electrons. The van der Waals surface area contributed by atoms with Gasteiger partial charge in [0.25, 0.3) is 0 Å². The van der Waals surface area contributed by atoms with Gasteiger partial charge in [-0.3, -0.25) is 4.79 Å². The van der Waals surface area contributed by atoms with Crippen LogP contribution in [0.25, 0.3) is 10.8 Å². The van der Waals surface area contributed by atoms with Crippen LogP contribution in [0.3, 0.4) is 0 Å². The Kier molecular flexibility index (Phi) is 4.86. The standard InChI is InChI=1S/C20H17BrO3/c1-23-16-9-7-14-8-10-18(24-2)19(17(14)11-16)20(22)15-5-3-13(12-21)4-6-15/h3-11H,12H2,1-2H3. The Labute approximate surface area is 149 Å². The Morgan fingerprint density at radius 3 is 2.29 bits per heavy atom. The van der Waals surface area contributed by atoms with Crippen LogP contribution in [0.2, 0.25) is 0 Å². The fourth-order valence-corrected chi connectivity index (χ4v) is 3.07. The molecule has 0 spiro atoms. The summed E-state index contributed by atoms with van der Waals surface area (Å²) in [5.41, 5.74) is 2.31. The van der Waals surface area contributed by atoms with Crippen LogP contribution in [0.5, 0.6) is 11.5 Å². The molecule has 3 rings (SSSR count). The molecule has 3 aromatic rings. The first-order chi connectivity index (χ1) is 11.7. The van der Waals surface area contributed by atoms with Crippen molar-refractivity contribution >= 4 is 32.5 Å². The third kappa shape index (κ3) is 3.02. The van der Waals surface area contributed by atoms with Crippen molar-refractivity contribution in [2.75, 3.05) is 14.2 Å². The van der Waals surface area contributed by atoms with E-state index in [1.165, 1.54) is 0 Å². The Bertz CT molecular complexity index is 880. The fraction of sp³-hybridized carbons (Fsp3) is 0.150. The van der Waals surface area contributed by atoms with Gasteiger partial charge < -0.3 is 9.47 Å². The van der Waals surface area contributed by atoms with E-state index in [-0.39, 0.29) is 5.78 Å². The number of methoxy groups -OCH3 is 2. The van der Waals surface area contributed by atoms with Gasteiger partial charge in [0.2, 0.25) is 0 Å². The number of rotatable bonds is 5. The first-order valence-electron chi connectivity index (χ1n) is 7.52. The molecule has 3 nitrogen and oxygen atoms in total. The molecule has 0 bridgehead atoms. The lowest BCUT2D eigenvalue weighted by Crippen LogP contribution is -2.05. The van der Waals surface area contributed by atoms with Crippen LogP contribution in [0.4, 0.5) is 0 Å². The highest BCUT2D eigenvalue weighted by Gasteiger charge is 2.18. The van der Waals surface area contributed by atoms with Gasteiger partial charge in [-0.1, -0.05) is 52.3 Å². The van der Waals surface area contributed by atoms with Crippen LogP contribution >= 0.6 is 15.9 Å². The second kappa shape index (κ2) is 7.05. The van der Waals surface area contributed by atoms with Crippen LogP contribution in [-0.4, -0.2) is 20.0 Å². The van der Waals surface area contributed by atoms with E-state index >= 15 is 0 Å². The zero-order chi connectivity index (χ0) is 17.1. The predicted molar refractivity (Wildman–Crippen MR) is 99.6 cm³/mol. The van der Waals surface area contributed by atoms with Gasteiger partial charge >= 0.3 is 0 Å². The second-order valence-corrected chi connectivity index (χ2v) is 5.95. The van der Waals surface area contributed by atoms with Gasteiger partial charge in [-0.05, 0) is 29.1 Å². The number of fused-ring (bicyclic) bond motifs is 1. The average Bonchev–Trinajstić information content (AvgIpc) is 2.66. The van der Waals surface area contributed by atoms with E-state index in [0.717, 1.165) is 21.7 Å². The minimum absolute atomic E-state index is 0.0631. The van der Waals surface area contributed by atoms with E-state index in [1.54, 1.807) is 14.2 Å². The molecule has 0 amide bonds. The lowest BCUT2D eigenvalue weighted by Gasteiger charge is -2.12. The number of benzene rings is 3. The molecule has 0 aliphatic rings. The molecular weight excluding hydrogens is 368 g/mol. The van der Waals surface area contributed by atoms with Crippen LogP contribution in [0.1, 0.15) is 21.5 Å². The van der Waals surface area contributed by atoms with Gasteiger partial charge in [0.1, 0.15) is 11.5 Å². The van der Waals surface area contributed by atoms with Gasteiger partial charge in [-0.25, -0.2) is 0 Å². The van der Waals surface area contributed by atoms with E-state index in [2.05, 4.69) is 15.9 Å². The van der Waals surface area contributed by atoms with Crippen molar-refractivity contribution in [1.29, 1.82) is 0 Å². The molecule has 0 saturated heterocycles. The van der Waals surface area contributed by atoms with E-state index in [1.807, 2.05) is 54.6 Å². The third-order valence-corrected chi connectivity index (χ3v) is 4.66. The Morgan fingerprint density at radius 2 is 1.67 bits per heavy atom. The minimum Gasteiger partial charge on any atom is -0.497 e. The maximum absolute atomic E-state index is 13.1. The fourth-order valence-electron chi connectivity index (χ4n) is 2.70. The molecule has 0 saturated carbocycles. The van der Waals surface area contributed by atoms with Crippen molar-refractivity contribution < 1.29 is 14.3 Å². The van der Waals surface area contributed by atoms with Crippen molar-refractivity contribution in [3.63, 3.8) is 0 Å². The molecule has 0 heterocycles. The number of carbonyl (C=O) groups is 1. The van der Waals surface area contributed by atoms with Gasteiger partial charge in [0, 0.05) is 16.3 Å². The smallest absolute Gasteiger partial charge is 0.197 e. The summed E-state index contributed by atoms with van der Waals surface area (Å²) in [5, 5.41) is 2.55. The van der Waals surface area contributed by atoms with Crippen molar-refractivity contribution in [1.82, 2.24) is 0 Å². The van der Waals surface area contributed by atoms with Crippen LogP contribution in [-0.2, 0) is 5.33 Å². The summed E-state index contributed by atoms with van der Waals surface area (Å²) < 4.78 is 10.8. The minimum atomic E-state index is -0.0631. The zero-order valence-electron chi connectivity index (χ0n) is 13.5. The highest BCUT2D eigenvalue weighted by molar-refractivity contribution is 9.08. The molecule has 0 atom stereocenters. The molecule has 0 fully saturated rings. The van der Waals surface area contributed by atoms with Crippen LogP contribution in [0.15, 0.2) is 54.6 Å². The summed E-state index contributed by atoms with van der Waals surface area (Å²) in [6.07, 6.45) is 0. The van der Waals surface area contributed by atoms with Crippen molar-refractivity contribution in [3.8, 4) is 11.5 Å². The third-order valence-electron chi connectivity index (χ3n) is 4.01. The maximum Gasteiger partial charge on any atom is 0.197 e. The van der Waals surface area contributed by atoms with Crippen molar-refractivity contribution in [3.05, 3.63) is 71.3 Å². The molecule has 0 unspecified atom stereocenters. The Balaban J connectivity index is 2.19. The molecule has 0 N–H and O–H groups in total. The van der Waals surface area contributed by atoms with Gasteiger partial charge in [-0.2, -0.15) is 0 Å². The predicted octanol–water partition coefficient (Wildman–Crippen LogP) is 4.98. The number of hydrogen-bond donors (Lipinski definition) is 0. The number of ketones is 1. The molecule has 3 aromatic carbocycles. The van der Waals surface area contributed by atoms with Gasteiger partial charge in [-0.15, -0.1) is 0 Å². The summed E-state index contributed by atoms with van der Waals surface area (Å²) in [6.45, 7) is 0. The Morgan fingerprint density at radius 1 is 0.958 bits per heavy atom. The highest BCUT2D eigenvalue weighted by atomic mass is 79.9. The van der Waals surface area contributed by atoms with E-state index in [9.17, 15) is 4.79 Å². The van der Waals surface area contributed by atoms with Gasteiger partial charge in [0.15, 0.2) is 5.78 Å². The van der Waals surface area contributed by atoms with Crippen molar-refractivity contribution in [2.24, 2.45) is 0 Å². The summed E-state index contributed by atoms with van der Waals surface area (Å²) in [4.78, 5) is 13.1. The maximum atomic E-state index is 13.1. The molecule has 0 aliphatic heterocycles. The normalized spacial score (nSPS) is 10.6. The lowest BCUT2D eigenvalue weighted by molar-refractivity contribution is 0.103. The Hall–Kier alpha value is -2.33.